The normalized spacial score (nSPS) is 11.2. The molecule has 2 N–H and O–H groups in total. The Labute approximate surface area is 203 Å². The van der Waals surface area contributed by atoms with Crippen molar-refractivity contribution in [2.75, 3.05) is 14.2 Å². The number of benzene rings is 3. The molecule has 5 rings (SSSR count). The molecule has 170 valence electrons. The molecule has 2 heterocycles. The Morgan fingerprint density at radius 2 is 1.03 bits per heavy atom. The number of H-pyrrole nitrogens is 2. The molecule has 0 aliphatic heterocycles. The van der Waals surface area contributed by atoms with Crippen LogP contribution in [0.15, 0.2) is 70.3 Å². The van der Waals surface area contributed by atoms with Crippen molar-refractivity contribution in [3.8, 4) is 34.0 Å². The second-order valence-electron chi connectivity index (χ2n) is 7.73. The molecule has 0 unspecified atom stereocenters. The molecule has 0 saturated carbocycles. The first-order chi connectivity index (χ1) is 16.4. The molecular formula is C26H18Cl2N2O4. The first kappa shape index (κ1) is 22.1. The van der Waals surface area contributed by atoms with Crippen molar-refractivity contribution in [3.63, 3.8) is 0 Å². The first-order valence-electron chi connectivity index (χ1n) is 10.3. The summed E-state index contributed by atoms with van der Waals surface area (Å²) < 4.78 is 10.6. The highest BCUT2D eigenvalue weighted by molar-refractivity contribution is 6.33. The molecule has 0 saturated heterocycles. The highest BCUT2D eigenvalue weighted by atomic mass is 35.5. The van der Waals surface area contributed by atoms with Gasteiger partial charge in [0.05, 0.1) is 46.7 Å². The van der Waals surface area contributed by atoms with Crippen LogP contribution in [0, 0.1) is 0 Å². The fourth-order valence-corrected chi connectivity index (χ4v) is 4.40. The Kier molecular flexibility index (Phi) is 5.55. The van der Waals surface area contributed by atoms with E-state index in [1.54, 1.807) is 62.8 Å². The Hall–Kier alpha value is -3.74. The smallest absolute Gasteiger partial charge is 0.190 e. The summed E-state index contributed by atoms with van der Waals surface area (Å²) in [6, 6.07) is 16.7. The summed E-state index contributed by atoms with van der Waals surface area (Å²) in [5.41, 5.74) is 2.91. The number of aromatic nitrogens is 2. The van der Waals surface area contributed by atoms with Crippen LogP contribution < -0.4 is 20.3 Å². The third kappa shape index (κ3) is 3.81. The van der Waals surface area contributed by atoms with Crippen LogP contribution in [0.25, 0.3) is 44.3 Å². The molecule has 34 heavy (non-hydrogen) atoms. The van der Waals surface area contributed by atoms with Gasteiger partial charge in [0.2, 0.25) is 0 Å². The number of pyridine rings is 2. The predicted octanol–water partition coefficient (Wildman–Crippen LogP) is 6.03. The van der Waals surface area contributed by atoms with Crippen LogP contribution in [0.1, 0.15) is 0 Å². The Morgan fingerprint density at radius 1 is 0.618 bits per heavy atom. The van der Waals surface area contributed by atoms with E-state index >= 15 is 0 Å². The van der Waals surface area contributed by atoms with Gasteiger partial charge in [0, 0.05) is 34.0 Å². The monoisotopic (exact) mass is 492 g/mol. The molecule has 0 spiro atoms. The lowest BCUT2D eigenvalue weighted by atomic mass is 10.0. The zero-order valence-electron chi connectivity index (χ0n) is 18.2. The standard InChI is InChI=1S/C26H18Cl2N2O4/c1-33-13-3-5-19(27)15(7-13)23-11-25(31)17-10-22-18(9-21(17)29-23)26(32)12-24(30-22)16-8-14(34-2)4-6-20(16)28/h3-12H,1-2H3,(H,29,31)(H,30,32). The van der Waals surface area contributed by atoms with Crippen LogP contribution in [-0.2, 0) is 0 Å². The van der Waals surface area contributed by atoms with Crippen LogP contribution in [0.3, 0.4) is 0 Å². The van der Waals surface area contributed by atoms with Crippen LogP contribution in [0.5, 0.6) is 11.5 Å². The SMILES string of the molecule is COc1ccc(Cl)c(-c2cc(=O)c3cc4[nH]c(-c5cc(OC)ccc5Cl)cc(=O)c4cc3[nH]2)c1. The minimum Gasteiger partial charge on any atom is -0.497 e. The largest absolute Gasteiger partial charge is 0.497 e. The Morgan fingerprint density at radius 3 is 1.41 bits per heavy atom. The van der Waals surface area contributed by atoms with Crippen molar-refractivity contribution in [3.05, 3.63) is 91.2 Å². The topological polar surface area (TPSA) is 84.2 Å². The van der Waals surface area contributed by atoms with Gasteiger partial charge in [-0.1, -0.05) is 23.2 Å². The highest BCUT2D eigenvalue weighted by Gasteiger charge is 2.13. The maximum absolute atomic E-state index is 13.0. The van der Waals surface area contributed by atoms with Gasteiger partial charge >= 0.3 is 0 Å². The second kappa shape index (κ2) is 8.56. The van der Waals surface area contributed by atoms with E-state index in [-0.39, 0.29) is 10.9 Å². The summed E-state index contributed by atoms with van der Waals surface area (Å²) in [6.07, 6.45) is 0. The van der Waals surface area contributed by atoms with Crippen LogP contribution in [-0.4, -0.2) is 24.2 Å². The van der Waals surface area contributed by atoms with Gasteiger partial charge in [-0.2, -0.15) is 0 Å². The molecule has 0 radical (unpaired) electrons. The quantitative estimate of drug-likeness (QED) is 0.300. The molecule has 0 amide bonds. The molecular weight excluding hydrogens is 475 g/mol. The van der Waals surface area contributed by atoms with Gasteiger partial charge in [0.1, 0.15) is 11.5 Å². The van der Waals surface area contributed by atoms with Crippen molar-refractivity contribution in [1.29, 1.82) is 0 Å². The number of aromatic amines is 2. The van der Waals surface area contributed by atoms with E-state index in [0.717, 1.165) is 0 Å². The first-order valence-corrected chi connectivity index (χ1v) is 11.1. The summed E-state index contributed by atoms with van der Waals surface area (Å²) in [6.45, 7) is 0. The molecule has 0 fully saturated rings. The second-order valence-corrected chi connectivity index (χ2v) is 8.54. The summed E-state index contributed by atoms with van der Waals surface area (Å²) in [7, 11) is 3.11. The molecule has 3 aromatic carbocycles. The van der Waals surface area contributed by atoms with Gasteiger partial charge in [0.25, 0.3) is 0 Å². The molecule has 0 atom stereocenters. The number of rotatable bonds is 4. The summed E-state index contributed by atoms with van der Waals surface area (Å²) in [4.78, 5) is 32.5. The molecule has 0 bridgehead atoms. The number of hydrogen-bond donors (Lipinski definition) is 2. The van der Waals surface area contributed by atoms with Crippen molar-refractivity contribution in [1.82, 2.24) is 9.97 Å². The van der Waals surface area contributed by atoms with E-state index in [0.29, 0.717) is 65.9 Å². The lowest BCUT2D eigenvalue weighted by Crippen LogP contribution is -2.07. The number of fused-ring (bicyclic) bond motifs is 2. The number of methoxy groups -OCH3 is 2. The van der Waals surface area contributed by atoms with E-state index in [1.807, 2.05) is 0 Å². The average molecular weight is 493 g/mol. The van der Waals surface area contributed by atoms with Gasteiger partial charge in [-0.3, -0.25) is 9.59 Å². The predicted molar refractivity (Wildman–Crippen MR) is 137 cm³/mol. The molecule has 2 aromatic heterocycles. The zero-order valence-corrected chi connectivity index (χ0v) is 19.7. The number of hydrogen-bond acceptors (Lipinski definition) is 4. The maximum Gasteiger partial charge on any atom is 0.190 e. The minimum absolute atomic E-state index is 0.213. The molecule has 8 heteroatoms. The highest BCUT2D eigenvalue weighted by Crippen LogP contribution is 2.32. The Balaban J connectivity index is 1.72. The lowest BCUT2D eigenvalue weighted by molar-refractivity contribution is 0.415. The minimum atomic E-state index is -0.213. The van der Waals surface area contributed by atoms with Crippen molar-refractivity contribution in [2.45, 2.75) is 0 Å². The lowest BCUT2D eigenvalue weighted by Gasteiger charge is -2.11. The third-order valence-electron chi connectivity index (χ3n) is 5.71. The molecule has 6 nitrogen and oxygen atoms in total. The molecule has 0 aliphatic rings. The van der Waals surface area contributed by atoms with E-state index < -0.39 is 0 Å². The Bertz CT molecular complexity index is 1580. The van der Waals surface area contributed by atoms with Crippen molar-refractivity contribution >= 4 is 45.0 Å². The van der Waals surface area contributed by atoms with Crippen molar-refractivity contribution < 1.29 is 9.47 Å². The van der Waals surface area contributed by atoms with Gasteiger partial charge in [-0.15, -0.1) is 0 Å². The van der Waals surface area contributed by atoms with Gasteiger partial charge in [0.15, 0.2) is 10.9 Å². The van der Waals surface area contributed by atoms with E-state index in [9.17, 15) is 9.59 Å². The molecule has 5 aromatic rings. The summed E-state index contributed by atoms with van der Waals surface area (Å²) in [5, 5.41) is 1.79. The number of halogens is 2. The average Bonchev–Trinajstić information content (AvgIpc) is 2.84. The maximum atomic E-state index is 13.0. The van der Waals surface area contributed by atoms with E-state index in [1.165, 1.54) is 12.1 Å². The van der Waals surface area contributed by atoms with E-state index in [2.05, 4.69) is 9.97 Å². The fourth-order valence-electron chi connectivity index (χ4n) is 3.96. The zero-order chi connectivity index (χ0) is 24.0. The van der Waals surface area contributed by atoms with Gasteiger partial charge in [-0.25, -0.2) is 0 Å². The van der Waals surface area contributed by atoms with Crippen LogP contribution in [0.2, 0.25) is 10.0 Å². The fraction of sp³-hybridized carbons (Fsp3) is 0.0769. The number of nitrogens with one attached hydrogen (secondary N) is 2. The molecule has 0 aliphatic carbocycles. The van der Waals surface area contributed by atoms with E-state index in [4.69, 9.17) is 32.7 Å². The number of ether oxygens (including phenoxy) is 2. The summed E-state index contributed by atoms with van der Waals surface area (Å²) in [5.74, 6) is 1.22. The third-order valence-corrected chi connectivity index (χ3v) is 6.36. The van der Waals surface area contributed by atoms with Gasteiger partial charge in [-0.05, 0) is 48.5 Å². The summed E-state index contributed by atoms with van der Waals surface area (Å²) >= 11 is 12.7. The van der Waals surface area contributed by atoms with Crippen molar-refractivity contribution in [2.24, 2.45) is 0 Å². The van der Waals surface area contributed by atoms with Gasteiger partial charge < -0.3 is 19.4 Å². The van der Waals surface area contributed by atoms with Crippen LogP contribution in [0.4, 0.5) is 0 Å². The van der Waals surface area contributed by atoms with Crippen LogP contribution >= 0.6 is 23.2 Å².